The minimum Gasteiger partial charge on any atom is -0.489 e. The van der Waals surface area contributed by atoms with Gasteiger partial charge in [0.15, 0.2) is 11.6 Å². The first-order valence-corrected chi connectivity index (χ1v) is 8.61. The molecule has 25 heavy (non-hydrogen) atoms. The summed E-state index contributed by atoms with van der Waals surface area (Å²) in [7, 11) is 0. The van der Waals surface area contributed by atoms with Crippen molar-refractivity contribution >= 4 is 11.8 Å². The number of ether oxygens (including phenoxy) is 1. The number of carbonyl (C=O) groups is 2. The molecule has 0 saturated carbocycles. The van der Waals surface area contributed by atoms with Crippen molar-refractivity contribution in [2.45, 2.75) is 19.8 Å². The predicted octanol–water partition coefficient (Wildman–Crippen LogP) is 2.48. The normalized spacial score (nSPS) is 17.3. The first-order chi connectivity index (χ1) is 12.1. The molecule has 1 atom stereocenters. The van der Waals surface area contributed by atoms with Crippen LogP contribution in [0.25, 0.3) is 0 Å². The van der Waals surface area contributed by atoms with Crippen LogP contribution in [0.4, 0.5) is 4.39 Å². The highest BCUT2D eigenvalue weighted by molar-refractivity contribution is 5.84. The second-order valence-corrected chi connectivity index (χ2v) is 6.02. The highest BCUT2D eigenvalue weighted by Gasteiger charge is 2.31. The van der Waals surface area contributed by atoms with E-state index in [-0.39, 0.29) is 30.1 Å². The highest BCUT2D eigenvalue weighted by atomic mass is 19.1. The van der Waals surface area contributed by atoms with Gasteiger partial charge in [-0.2, -0.15) is 0 Å². The highest BCUT2D eigenvalue weighted by Crippen LogP contribution is 2.20. The number of halogens is 1. The zero-order valence-electron chi connectivity index (χ0n) is 14.6. The molecule has 1 fully saturated rings. The molecule has 5 nitrogen and oxygen atoms in total. The van der Waals surface area contributed by atoms with Gasteiger partial charge in [0, 0.05) is 26.1 Å². The smallest absolute Gasteiger partial charge is 0.227 e. The van der Waals surface area contributed by atoms with Crippen LogP contribution in [0.3, 0.4) is 0 Å². The summed E-state index contributed by atoms with van der Waals surface area (Å²) < 4.78 is 19.0. The molecule has 1 aromatic carbocycles. The summed E-state index contributed by atoms with van der Waals surface area (Å²) in [6, 6.07) is 6.20. The van der Waals surface area contributed by atoms with Crippen LogP contribution in [0.1, 0.15) is 19.8 Å². The van der Waals surface area contributed by atoms with Crippen LogP contribution in [-0.2, 0) is 9.59 Å². The molecule has 1 aromatic rings. The molecule has 0 spiro atoms. The van der Waals surface area contributed by atoms with Gasteiger partial charge in [-0.05, 0) is 25.5 Å². The Balaban J connectivity index is 1.88. The molecule has 2 amide bonds. The van der Waals surface area contributed by atoms with Crippen LogP contribution >= 0.6 is 0 Å². The molecule has 6 heteroatoms. The summed E-state index contributed by atoms with van der Waals surface area (Å²) in [5.74, 6) is -0.351. The zero-order chi connectivity index (χ0) is 18.2. The molecule has 136 valence electrons. The van der Waals surface area contributed by atoms with Crippen molar-refractivity contribution in [1.82, 2.24) is 9.80 Å². The van der Waals surface area contributed by atoms with Crippen LogP contribution in [0.5, 0.6) is 5.75 Å². The molecule has 1 heterocycles. The van der Waals surface area contributed by atoms with Crippen LogP contribution in [0.15, 0.2) is 36.9 Å². The van der Waals surface area contributed by atoms with Gasteiger partial charge in [0.1, 0.15) is 6.61 Å². The lowest BCUT2D eigenvalue weighted by molar-refractivity contribution is -0.142. The van der Waals surface area contributed by atoms with Gasteiger partial charge in [0.2, 0.25) is 11.8 Å². The van der Waals surface area contributed by atoms with Crippen LogP contribution in [0, 0.1) is 11.7 Å². The monoisotopic (exact) mass is 348 g/mol. The van der Waals surface area contributed by atoms with Crippen molar-refractivity contribution in [3.8, 4) is 5.75 Å². The molecule has 0 aromatic heterocycles. The molecular formula is C19H25FN2O3. The molecule has 0 bridgehead atoms. The number of likely N-dealkylation sites (N-methyl/N-ethyl adjacent to an activating group) is 1. The summed E-state index contributed by atoms with van der Waals surface area (Å²) in [6.45, 7) is 7.59. The number of amides is 2. The first-order valence-electron chi connectivity index (χ1n) is 8.61. The van der Waals surface area contributed by atoms with Crippen molar-refractivity contribution in [2.24, 2.45) is 5.92 Å². The Kier molecular flexibility index (Phi) is 6.98. The van der Waals surface area contributed by atoms with Crippen LogP contribution in [0.2, 0.25) is 0 Å². The number of para-hydroxylation sites is 1. The molecule has 1 aliphatic heterocycles. The van der Waals surface area contributed by atoms with Gasteiger partial charge in [0.25, 0.3) is 0 Å². The maximum atomic E-state index is 13.5. The summed E-state index contributed by atoms with van der Waals surface area (Å²) >= 11 is 0. The van der Waals surface area contributed by atoms with E-state index in [1.54, 1.807) is 34.1 Å². The second kappa shape index (κ2) is 9.20. The van der Waals surface area contributed by atoms with Gasteiger partial charge in [0.05, 0.1) is 12.5 Å². The average molecular weight is 348 g/mol. The first kappa shape index (κ1) is 19.0. The van der Waals surface area contributed by atoms with E-state index in [4.69, 9.17) is 4.74 Å². The summed E-state index contributed by atoms with van der Waals surface area (Å²) in [5.41, 5.74) is 0. The van der Waals surface area contributed by atoms with E-state index >= 15 is 0 Å². The topological polar surface area (TPSA) is 49.9 Å². The maximum absolute atomic E-state index is 13.5. The lowest BCUT2D eigenvalue weighted by Gasteiger charge is -2.34. The van der Waals surface area contributed by atoms with Gasteiger partial charge in [-0.25, -0.2) is 4.39 Å². The Morgan fingerprint density at radius 3 is 2.92 bits per heavy atom. The SMILES string of the molecule is C=CCN1C[C@H](C(=O)N(CC)CCOc2ccccc2F)CCC1=O. The Morgan fingerprint density at radius 1 is 1.48 bits per heavy atom. The van der Waals surface area contributed by atoms with Gasteiger partial charge in [-0.15, -0.1) is 6.58 Å². The van der Waals surface area contributed by atoms with Crippen LogP contribution in [-0.4, -0.2) is 54.4 Å². The third kappa shape index (κ3) is 5.05. The molecule has 0 aliphatic carbocycles. The quantitative estimate of drug-likeness (QED) is 0.678. The molecule has 0 radical (unpaired) electrons. The standard InChI is InChI=1S/C19H25FN2O3/c1-3-11-22-14-15(9-10-18(22)23)19(24)21(4-2)12-13-25-17-8-6-5-7-16(17)20/h3,5-8,15H,1,4,9-14H2,2H3/t15-/m1/s1. The van der Waals surface area contributed by atoms with Crippen molar-refractivity contribution in [3.05, 3.63) is 42.7 Å². The summed E-state index contributed by atoms with van der Waals surface area (Å²) in [4.78, 5) is 27.9. The Morgan fingerprint density at radius 2 is 2.24 bits per heavy atom. The second-order valence-electron chi connectivity index (χ2n) is 6.02. The van der Waals surface area contributed by atoms with E-state index < -0.39 is 5.82 Å². The lowest BCUT2D eigenvalue weighted by Crippen LogP contribution is -2.47. The van der Waals surface area contributed by atoms with Gasteiger partial charge < -0.3 is 14.5 Å². The minimum absolute atomic E-state index is 0.0150. The van der Waals surface area contributed by atoms with E-state index in [1.165, 1.54) is 6.07 Å². The molecule has 0 N–H and O–H groups in total. The van der Waals surface area contributed by atoms with Gasteiger partial charge in [-0.3, -0.25) is 9.59 Å². The number of piperidine rings is 1. The van der Waals surface area contributed by atoms with Gasteiger partial charge in [-0.1, -0.05) is 18.2 Å². The Bertz CT molecular complexity index is 620. The fourth-order valence-corrected chi connectivity index (χ4v) is 2.96. The molecule has 1 saturated heterocycles. The third-order valence-electron chi connectivity index (χ3n) is 4.35. The van der Waals surface area contributed by atoms with E-state index in [0.717, 1.165) is 0 Å². The maximum Gasteiger partial charge on any atom is 0.227 e. The molecule has 0 unspecified atom stereocenters. The Labute approximate surface area is 148 Å². The van der Waals surface area contributed by atoms with Gasteiger partial charge >= 0.3 is 0 Å². The Hall–Kier alpha value is -2.37. The lowest BCUT2D eigenvalue weighted by atomic mass is 9.96. The van der Waals surface area contributed by atoms with Crippen molar-refractivity contribution in [3.63, 3.8) is 0 Å². The number of hydrogen-bond donors (Lipinski definition) is 0. The average Bonchev–Trinajstić information content (AvgIpc) is 2.62. The third-order valence-corrected chi connectivity index (χ3v) is 4.35. The molecular weight excluding hydrogens is 323 g/mol. The molecule has 2 rings (SSSR count). The number of carbonyl (C=O) groups excluding carboxylic acids is 2. The van der Waals surface area contributed by atoms with E-state index in [1.807, 2.05) is 6.92 Å². The number of rotatable bonds is 8. The number of nitrogens with zero attached hydrogens (tertiary/aromatic N) is 2. The van der Waals surface area contributed by atoms with E-state index in [0.29, 0.717) is 39.0 Å². The minimum atomic E-state index is -0.414. The van der Waals surface area contributed by atoms with E-state index in [2.05, 4.69) is 6.58 Å². The summed E-state index contributed by atoms with van der Waals surface area (Å²) in [6.07, 6.45) is 2.62. The predicted molar refractivity (Wildman–Crippen MR) is 93.7 cm³/mol. The van der Waals surface area contributed by atoms with Crippen molar-refractivity contribution in [1.29, 1.82) is 0 Å². The van der Waals surface area contributed by atoms with Crippen molar-refractivity contribution < 1.29 is 18.7 Å². The molecule has 1 aliphatic rings. The largest absolute Gasteiger partial charge is 0.489 e. The number of hydrogen-bond acceptors (Lipinski definition) is 3. The summed E-state index contributed by atoms with van der Waals surface area (Å²) in [5, 5.41) is 0. The van der Waals surface area contributed by atoms with E-state index in [9.17, 15) is 14.0 Å². The van der Waals surface area contributed by atoms with Crippen LogP contribution < -0.4 is 4.74 Å². The number of benzene rings is 1. The number of likely N-dealkylation sites (tertiary alicyclic amines) is 1. The van der Waals surface area contributed by atoms with Crippen molar-refractivity contribution in [2.75, 3.05) is 32.8 Å². The fraction of sp³-hybridized carbons (Fsp3) is 0.474. The zero-order valence-corrected chi connectivity index (χ0v) is 14.6. The fourth-order valence-electron chi connectivity index (χ4n) is 2.96.